The molecule has 0 unspecified atom stereocenters. The van der Waals surface area contributed by atoms with Gasteiger partial charge in [-0.1, -0.05) is 18.2 Å². The second-order valence-electron chi connectivity index (χ2n) is 4.36. The summed E-state index contributed by atoms with van der Waals surface area (Å²) in [7, 11) is 0. The number of aliphatic hydroxyl groups excluding tert-OH is 1. The van der Waals surface area contributed by atoms with Gasteiger partial charge in [0.15, 0.2) is 5.69 Å². The van der Waals surface area contributed by atoms with Crippen LogP contribution in [0.25, 0.3) is 5.69 Å². The molecule has 0 fully saturated rings. The highest BCUT2D eigenvalue weighted by atomic mass is 16.4. The molecule has 0 radical (unpaired) electrons. The number of hydrogen-bond donors (Lipinski definition) is 3. The van der Waals surface area contributed by atoms with Crippen LogP contribution in [-0.4, -0.2) is 44.5 Å². The highest BCUT2D eigenvalue weighted by molar-refractivity contribution is 5.94. The lowest BCUT2D eigenvalue weighted by Crippen LogP contribution is -2.41. The molecule has 110 valence electrons. The SMILES string of the molecule is O=C(N[C@@H](CCO)C(=O)O)c1ccn(-c2ccccc2)n1. The first-order chi connectivity index (χ1) is 10.1. The highest BCUT2D eigenvalue weighted by Crippen LogP contribution is 2.07. The van der Waals surface area contributed by atoms with Gasteiger partial charge in [0.1, 0.15) is 6.04 Å². The number of benzene rings is 1. The molecule has 0 saturated carbocycles. The number of carbonyl (C=O) groups is 2. The van der Waals surface area contributed by atoms with E-state index in [-0.39, 0.29) is 18.7 Å². The summed E-state index contributed by atoms with van der Waals surface area (Å²) in [5.74, 6) is -1.79. The van der Waals surface area contributed by atoms with E-state index in [0.717, 1.165) is 5.69 Å². The van der Waals surface area contributed by atoms with Crippen molar-refractivity contribution in [2.45, 2.75) is 12.5 Å². The Hall–Kier alpha value is -2.67. The van der Waals surface area contributed by atoms with E-state index in [1.807, 2.05) is 30.3 Å². The van der Waals surface area contributed by atoms with Gasteiger partial charge in [-0.3, -0.25) is 4.79 Å². The lowest BCUT2D eigenvalue weighted by Gasteiger charge is -2.11. The van der Waals surface area contributed by atoms with Crippen LogP contribution in [0.4, 0.5) is 0 Å². The first kappa shape index (κ1) is 14.7. The summed E-state index contributed by atoms with van der Waals surface area (Å²) in [4.78, 5) is 22.9. The smallest absolute Gasteiger partial charge is 0.326 e. The zero-order valence-electron chi connectivity index (χ0n) is 11.1. The predicted octanol–water partition coefficient (Wildman–Crippen LogP) is 0.438. The molecule has 1 amide bonds. The fourth-order valence-corrected chi connectivity index (χ4v) is 1.79. The average molecular weight is 289 g/mol. The molecule has 7 heteroatoms. The molecule has 0 aliphatic heterocycles. The zero-order valence-corrected chi connectivity index (χ0v) is 11.1. The third-order valence-electron chi connectivity index (χ3n) is 2.86. The van der Waals surface area contributed by atoms with E-state index in [9.17, 15) is 9.59 Å². The van der Waals surface area contributed by atoms with Crippen molar-refractivity contribution >= 4 is 11.9 Å². The van der Waals surface area contributed by atoms with Crippen molar-refractivity contribution in [3.8, 4) is 5.69 Å². The minimum absolute atomic E-state index is 0.0551. The van der Waals surface area contributed by atoms with Crippen LogP contribution in [0.1, 0.15) is 16.9 Å². The van der Waals surface area contributed by atoms with Gasteiger partial charge in [-0.05, 0) is 18.2 Å². The van der Waals surface area contributed by atoms with Gasteiger partial charge in [0.25, 0.3) is 5.91 Å². The van der Waals surface area contributed by atoms with Crippen LogP contribution < -0.4 is 5.32 Å². The van der Waals surface area contributed by atoms with Gasteiger partial charge < -0.3 is 15.5 Å². The number of aromatic nitrogens is 2. The summed E-state index contributed by atoms with van der Waals surface area (Å²) in [6.07, 6.45) is 1.56. The fourth-order valence-electron chi connectivity index (χ4n) is 1.79. The molecule has 1 heterocycles. The molecule has 1 atom stereocenters. The molecular formula is C14H15N3O4. The number of rotatable bonds is 6. The molecule has 0 aliphatic rings. The van der Waals surface area contributed by atoms with E-state index >= 15 is 0 Å². The van der Waals surface area contributed by atoms with Gasteiger partial charge in [-0.15, -0.1) is 0 Å². The Balaban J connectivity index is 2.10. The molecule has 0 saturated heterocycles. The number of carboxylic acids is 1. The number of amides is 1. The zero-order chi connectivity index (χ0) is 15.2. The van der Waals surface area contributed by atoms with E-state index in [4.69, 9.17) is 10.2 Å². The molecule has 0 bridgehead atoms. The quantitative estimate of drug-likeness (QED) is 0.715. The Bertz CT molecular complexity index is 624. The molecule has 2 aromatic rings. The summed E-state index contributed by atoms with van der Waals surface area (Å²) in [5.41, 5.74) is 0.907. The van der Waals surface area contributed by atoms with Crippen molar-refractivity contribution < 1.29 is 19.8 Å². The largest absolute Gasteiger partial charge is 0.480 e. The lowest BCUT2D eigenvalue weighted by atomic mass is 10.2. The maximum atomic E-state index is 11.9. The normalized spacial score (nSPS) is 11.9. The first-order valence-corrected chi connectivity index (χ1v) is 6.37. The van der Waals surface area contributed by atoms with Crippen molar-refractivity contribution in [3.05, 3.63) is 48.3 Å². The van der Waals surface area contributed by atoms with Crippen LogP contribution in [0.5, 0.6) is 0 Å². The number of aliphatic carboxylic acids is 1. The Labute approximate surface area is 120 Å². The van der Waals surface area contributed by atoms with Crippen molar-refractivity contribution in [3.63, 3.8) is 0 Å². The van der Waals surface area contributed by atoms with E-state index in [1.54, 1.807) is 6.20 Å². The number of hydrogen-bond acceptors (Lipinski definition) is 4. The first-order valence-electron chi connectivity index (χ1n) is 6.37. The molecular weight excluding hydrogens is 274 g/mol. The molecule has 0 aliphatic carbocycles. The number of nitrogens with one attached hydrogen (secondary N) is 1. The second kappa shape index (κ2) is 6.67. The van der Waals surface area contributed by atoms with Crippen LogP contribution in [0.2, 0.25) is 0 Å². The number of nitrogens with zero attached hydrogens (tertiary/aromatic N) is 2. The van der Waals surface area contributed by atoms with Crippen molar-refractivity contribution in [1.82, 2.24) is 15.1 Å². The molecule has 7 nitrogen and oxygen atoms in total. The number of aliphatic hydroxyl groups is 1. The van der Waals surface area contributed by atoms with Crippen LogP contribution in [0, 0.1) is 0 Å². The number of carboxylic acid groups (broad SMARTS) is 1. The van der Waals surface area contributed by atoms with Crippen molar-refractivity contribution in [2.75, 3.05) is 6.61 Å². The Morgan fingerprint density at radius 1 is 1.24 bits per heavy atom. The highest BCUT2D eigenvalue weighted by Gasteiger charge is 2.21. The summed E-state index contributed by atoms with van der Waals surface area (Å²) >= 11 is 0. The Morgan fingerprint density at radius 3 is 2.57 bits per heavy atom. The van der Waals surface area contributed by atoms with Crippen molar-refractivity contribution in [2.24, 2.45) is 0 Å². The number of para-hydroxylation sites is 1. The monoisotopic (exact) mass is 289 g/mol. The standard InChI is InChI=1S/C14H15N3O4/c18-9-7-12(14(20)21)15-13(19)11-6-8-17(16-11)10-4-2-1-3-5-10/h1-6,8,12,18H,7,9H2,(H,15,19)(H,20,21)/t12-/m0/s1. The van der Waals surface area contributed by atoms with Gasteiger partial charge >= 0.3 is 5.97 Å². The Kier molecular flexibility index (Phi) is 4.68. The summed E-state index contributed by atoms with van der Waals surface area (Å²) in [6, 6.07) is 9.59. The molecule has 3 N–H and O–H groups in total. The molecule has 21 heavy (non-hydrogen) atoms. The van der Waals surface area contributed by atoms with Crippen LogP contribution in [0.15, 0.2) is 42.6 Å². The fraction of sp³-hybridized carbons (Fsp3) is 0.214. The van der Waals surface area contributed by atoms with Crippen molar-refractivity contribution in [1.29, 1.82) is 0 Å². The van der Waals surface area contributed by atoms with E-state index in [0.29, 0.717) is 0 Å². The minimum Gasteiger partial charge on any atom is -0.480 e. The van der Waals surface area contributed by atoms with Gasteiger partial charge in [-0.2, -0.15) is 5.10 Å². The average Bonchev–Trinajstić information content (AvgIpc) is 2.97. The van der Waals surface area contributed by atoms with Gasteiger partial charge in [0.05, 0.1) is 5.69 Å². The maximum absolute atomic E-state index is 11.9. The second-order valence-corrected chi connectivity index (χ2v) is 4.36. The predicted molar refractivity (Wildman–Crippen MR) is 74.2 cm³/mol. The maximum Gasteiger partial charge on any atom is 0.326 e. The Morgan fingerprint density at radius 2 is 1.95 bits per heavy atom. The van der Waals surface area contributed by atoms with Gasteiger partial charge in [0.2, 0.25) is 0 Å². The third-order valence-corrected chi connectivity index (χ3v) is 2.86. The van der Waals surface area contributed by atoms with Crippen LogP contribution >= 0.6 is 0 Å². The molecule has 1 aromatic heterocycles. The molecule has 1 aromatic carbocycles. The lowest BCUT2D eigenvalue weighted by molar-refractivity contribution is -0.139. The minimum atomic E-state index is -1.19. The number of carbonyl (C=O) groups excluding carboxylic acids is 1. The molecule has 2 rings (SSSR count). The van der Waals surface area contributed by atoms with Crippen LogP contribution in [0.3, 0.4) is 0 Å². The third kappa shape index (κ3) is 3.67. The van der Waals surface area contributed by atoms with Crippen LogP contribution in [-0.2, 0) is 4.79 Å². The van der Waals surface area contributed by atoms with Gasteiger partial charge in [0, 0.05) is 19.2 Å². The van der Waals surface area contributed by atoms with E-state index in [1.165, 1.54) is 10.7 Å². The van der Waals surface area contributed by atoms with E-state index in [2.05, 4.69) is 10.4 Å². The summed E-state index contributed by atoms with van der Waals surface area (Å²) in [5, 5.41) is 24.1. The summed E-state index contributed by atoms with van der Waals surface area (Å²) in [6.45, 7) is -0.324. The molecule has 0 spiro atoms. The topological polar surface area (TPSA) is 104 Å². The summed E-state index contributed by atoms with van der Waals surface area (Å²) < 4.78 is 1.52. The van der Waals surface area contributed by atoms with Gasteiger partial charge in [-0.25, -0.2) is 9.48 Å². The van der Waals surface area contributed by atoms with E-state index < -0.39 is 17.9 Å².